The van der Waals surface area contributed by atoms with Crippen LogP contribution in [0.4, 0.5) is 3.89 Å². The van der Waals surface area contributed by atoms with Gasteiger partial charge in [-0.2, -0.15) is 8.42 Å². The third kappa shape index (κ3) is 3.09. The number of rotatable bonds is 3. The molecule has 1 aromatic carbocycles. The van der Waals surface area contributed by atoms with E-state index >= 15 is 0 Å². The highest BCUT2D eigenvalue weighted by molar-refractivity contribution is 7.86. The molecule has 0 saturated carbocycles. The van der Waals surface area contributed by atoms with Crippen LogP contribution in [0.25, 0.3) is 0 Å². The Bertz CT molecular complexity index is 844. The van der Waals surface area contributed by atoms with E-state index in [0.717, 1.165) is 0 Å². The first kappa shape index (κ1) is 19.9. The summed E-state index contributed by atoms with van der Waals surface area (Å²) >= 11 is 0. The van der Waals surface area contributed by atoms with Crippen LogP contribution in [0.5, 0.6) is 0 Å². The lowest BCUT2D eigenvalue weighted by Gasteiger charge is -2.32. The molecule has 0 radical (unpaired) electrons. The summed E-state index contributed by atoms with van der Waals surface area (Å²) in [7, 11) is -6.12. The van der Waals surface area contributed by atoms with Crippen LogP contribution in [-0.4, -0.2) is 37.8 Å². The third-order valence-corrected chi connectivity index (χ3v) is 6.29. The summed E-state index contributed by atoms with van der Waals surface area (Å²) in [4.78, 5) is 11.0. The summed E-state index contributed by atoms with van der Waals surface area (Å²) in [6.45, 7) is 11.5. The molecule has 0 aliphatic carbocycles. The van der Waals surface area contributed by atoms with Crippen LogP contribution >= 0.6 is 0 Å². The lowest BCUT2D eigenvalue weighted by Crippen LogP contribution is -2.41. The second kappa shape index (κ2) is 5.79. The van der Waals surface area contributed by atoms with Gasteiger partial charge >= 0.3 is 23.3 Å². The summed E-state index contributed by atoms with van der Waals surface area (Å²) in [5.41, 5.74) is -1.18. The Balaban J connectivity index is 2.84. The molecule has 0 aromatic heterocycles. The molecule has 1 aliphatic heterocycles. The van der Waals surface area contributed by atoms with Crippen LogP contribution in [0.1, 0.15) is 54.7 Å². The van der Waals surface area contributed by atoms with Crippen molar-refractivity contribution in [3.63, 3.8) is 0 Å². The Morgan fingerprint density at radius 2 is 1.44 bits per heavy atom. The number of hydrogen-bond donors (Lipinski definition) is 1. The zero-order chi connectivity index (χ0) is 19.5. The van der Waals surface area contributed by atoms with E-state index in [9.17, 15) is 22.2 Å². The molecule has 1 heterocycles. The summed E-state index contributed by atoms with van der Waals surface area (Å²) in [5.74, 6) is -1.34. The van der Waals surface area contributed by atoms with Crippen molar-refractivity contribution in [3.05, 3.63) is 22.3 Å². The van der Waals surface area contributed by atoms with Gasteiger partial charge in [-0.15, -0.1) is 3.89 Å². The topological polar surface area (TPSA) is 89.9 Å². The Kier molecular flexibility index (Phi) is 4.60. The predicted octanol–water partition coefficient (Wildman–Crippen LogP) is 2.27. The molecule has 0 bridgehead atoms. The molecule has 1 fully saturated rings. The smallest absolute Gasteiger partial charge is 0.478 e. The van der Waals surface area contributed by atoms with Gasteiger partial charge in [-0.05, 0) is 70.6 Å². The highest BCUT2D eigenvalue weighted by atomic mass is 32.3. The fraction of sp³-hybridized carbons (Fsp3) is 0.562. The van der Waals surface area contributed by atoms with Gasteiger partial charge in [0.15, 0.2) is 0 Å². The second-order valence-corrected chi connectivity index (χ2v) is 8.61. The second-order valence-electron chi connectivity index (χ2n) is 7.32. The van der Waals surface area contributed by atoms with Gasteiger partial charge < -0.3 is 14.4 Å². The van der Waals surface area contributed by atoms with Gasteiger partial charge in [0.2, 0.25) is 0 Å². The van der Waals surface area contributed by atoms with Crippen LogP contribution < -0.4 is 5.46 Å². The zero-order valence-electron chi connectivity index (χ0n) is 15.4. The van der Waals surface area contributed by atoms with Crippen molar-refractivity contribution in [1.29, 1.82) is 0 Å². The van der Waals surface area contributed by atoms with Gasteiger partial charge in [0, 0.05) is 0 Å². The lowest BCUT2D eigenvalue weighted by molar-refractivity contribution is 0.00578. The van der Waals surface area contributed by atoms with E-state index in [4.69, 9.17) is 9.31 Å². The van der Waals surface area contributed by atoms with E-state index in [1.165, 1.54) is 13.8 Å². The minimum absolute atomic E-state index is 0.0981. The third-order valence-electron chi connectivity index (χ3n) is 5.19. The lowest BCUT2D eigenvalue weighted by atomic mass is 9.71. The van der Waals surface area contributed by atoms with Gasteiger partial charge in [0.05, 0.1) is 16.8 Å². The molecule has 0 unspecified atom stereocenters. The van der Waals surface area contributed by atoms with Crippen molar-refractivity contribution in [2.75, 3.05) is 0 Å². The molecule has 0 amide bonds. The van der Waals surface area contributed by atoms with Gasteiger partial charge in [-0.1, -0.05) is 0 Å². The van der Waals surface area contributed by atoms with Gasteiger partial charge in [0.25, 0.3) is 0 Å². The zero-order valence-corrected chi connectivity index (χ0v) is 16.2. The first-order valence-electron chi connectivity index (χ1n) is 7.79. The number of carboxylic acid groups (broad SMARTS) is 1. The van der Waals surface area contributed by atoms with Gasteiger partial charge in [-0.3, -0.25) is 0 Å². The molecule has 1 N–H and O–H groups in total. The summed E-state index contributed by atoms with van der Waals surface area (Å²) in [6, 6.07) is 0. The molecule has 138 valence electrons. The summed E-state index contributed by atoms with van der Waals surface area (Å²) in [6.07, 6.45) is 0. The van der Waals surface area contributed by atoms with Crippen molar-refractivity contribution >= 4 is 28.8 Å². The fourth-order valence-corrected chi connectivity index (χ4v) is 4.16. The van der Waals surface area contributed by atoms with E-state index < -0.39 is 39.4 Å². The molecule has 25 heavy (non-hydrogen) atoms. The molecule has 0 spiro atoms. The van der Waals surface area contributed by atoms with Crippen molar-refractivity contribution in [3.8, 4) is 0 Å². The molecule has 6 nitrogen and oxygen atoms in total. The number of carboxylic acids is 1. The fourth-order valence-electron chi connectivity index (χ4n) is 3.22. The number of benzene rings is 1. The molecule has 1 saturated heterocycles. The van der Waals surface area contributed by atoms with Crippen LogP contribution in [0.2, 0.25) is 0 Å². The standard InChI is InChI=1S/C16H22BFO6S/c1-8-11(14(19)20)9(2)13(25(18,21)22)10(3)12(8)17-23-15(4,5)16(6,7)24-17/h1-7H3,(H,19,20). The van der Waals surface area contributed by atoms with Crippen molar-refractivity contribution in [2.45, 2.75) is 64.6 Å². The van der Waals surface area contributed by atoms with Gasteiger partial charge in [-0.25, -0.2) is 4.79 Å². The largest absolute Gasteiger partial charge is 0.495 e. The Hall–Kier alpha value is -1.45. The average molecular weight is 372 g/mol. The Morgan fingerprint density at radius 1 is 1.00 bits per heavy atom. The first-order chi connectivity index (χ1) is 11.1. The average Bonchev–Trinajstić information content (AvgIpc) is 2.54. The minimum atomic E-state index is -5.12. The van der Waals surface area contributed by atoms with Crippen LogP contribution in [0, 0.1) is 20.8 Å². The molecular weight excluding hydrogens is 350 g/mol. The molecular formula is C16H22BFO6S. The molecule has 1 aromatic rings. The predicted molar refractivity (Wildman–Crippen MR) is 91.6 cm³/mol. The Morgan fingerprint density at radius 3 is 1.80 bits per heavy atom. The van der Waals surface area contributed by atoms with Crippen LogP contribution in [0.15, 0.2) is 4.90 Å². The Labute approximate surface area is 147 Å². The highest BCUT2D eigenvalue weighted by Crippen LogP contribution is 2.38. The van der Waals surface area contributed by atoms with E-state index in [1.54, 1.807) is 6.92 Å². The maximum Gasteiger partial charge on any atom is 0.495 e. The monoisotopic (exact) mass is 372 g/mol. The van der Waals surface area contributed by atoms with Crippen LogP contribution in [-0.2, 0) is 19.5 Å². The van der Waals surface area contributed by atoms with Crippen molar-refractivity contribution in [2.24, 2.45) is 0 Å². The first-order valence-corrected chi connectivity index (χ1v) is 9.17. The van der Waals surface area contributed by atoms with Gasteiger partial charge in [0.1, 0.15) is 4.90 Å². The van der Waals surface area contributed by atoms with E-state index in [-0.39, 0.29) is 22.2 Å². The summed E-state index contributed by atoms with van der Waals surface area (Å²) < 4.78 is 49.0. The van der Waals surface area contributed by atoms with E-state index in [1.807, 2.05) is 27.7 Å². The summed E-state index contributed by atoms with van der Waals surface area (Å²) in [5, 5.41) is 9.50. The number of halogens is 1. The number of aromatic carboxylic acids is 1. The SMILES string of the molecule is Cc1c(B2OC(C)(C)C(C)(C)O2)c(C)c(S(=O)(=O)F)c(C)c1C(=O)O. The maximum absolute atomic E-state index is 13.9. The molecule has 1 aliphatic rings. The van der Waals surface area contributed by atoms with Crippen molar-refractivity contribution in [1.82, 2.24) is 0 Å². The van der Waals surface area contributed by atoms with E-state index in [0.29, 0.717) is 5.56 Å². The quantitative estimate of drug-likeness (QED) is 0.647. The maximum atomic E-state index is 13.9. The van der Waals surface area contributed by atoms with E-state index in [2.05, 4.69) is 0 Å². The highest BCUT2D eigenvalue weighted by Gasteiger charge is 2.53. The minimum Gasteiger partial charge on any atom is -0.478 e. The number of hydrogen-bond acceptors (Lipinski definition) is 5. The normalized spacial score (nSPS) is 19.3. The number of carbonyl (C=O) groups is 1. The molecule has 0 atom stereocenters. The van der Waals surface area contributed by atoms with Crippen LogP contribution in [0.3, 0.4) is 0 Å². The van der Waals surface area contributed by atoms with Crippen molar-refractivity contribution < 1.29 is 31.5 Å². The molecule has 9 heteroatoms. The molecule has 2 rings (SSSR count).